The van der Waals surface area contributed by atoms with Gasteiger partial charge in [0.1, 0.15) is 5.00 Å². The van der Waals surface area contributed by atoms with Gasteiger partial charge in [0.05, 0.1) is 12.2 Å². The highest BCUT2D eigenvalue weighted by Crippen LogP contribution is 2.24. The number of anilines is 1. The number of rotatable bonds is 10. The zero-order valence-electron chi connectivity index (χ0n) is 16.4. The van der Waals surface area contributed by atoms with E-state index in [0.29, 0.717) is 41.7 Å². The first-order valence-electron chi connectivity index (χ1n) is 8.99. The highest BCUT2D eigenvalue weighted by molar-refractivity contribution is 7.14. The van der Waals surface area contributed by atoms with E-state index in [2.05, 4.69) is 29.8 Å². The van der Waals surface area contributed by atoms with E-state index in [4.69, 9.17) is 4.74 Å². The summed E-state index contributed by atoms with van der Waals surface area (Å²) in [5.41, 5.74) is 2.23. The van der Waals surface area contributed by atoms with Gasteiger partial charge in [-0.15, -0.1) is 23.7 Å². The molecule has 1 heterocycles. The second kappa shape index (κ2) is 12.5. The molecular weight excluding hydrogens is 398 g/mol. The van der Waals surface area contributed by atoms with E-state index in [1.54, 1.807) is 18.6 Å². The first-order chi connectivity index (χ1) is 13.0. The Labute approximate surface area is 176 Å². The van der Waals surface area contributed by atoms with Gasteiger partial charge in [-0.25, -0.2) is 0 Å². The van der Waals surface area contributed by atoms with Gasteiger partial charge in [-0.2, -0.15) is 0 Å². The minimum atomic E-state index is -0.219. The van der Waals surface area contributed by atoms with Crippen molar-refractivity contribution >= 4 is 40.6 Å². The average molecular weight is 426 g/mol. The maximum Gasteiger partial charge on any atom is 0.256 e. The molecule has 0 aliphatic carbocycles. The topological polar surface area (TPSA) is 79.5 Å². The minimum absolute atomic E-state index is 0. The fourth-order valence-electron chi connectivity index (χ4n) is 2.44. The molecule has 0 spiro atoms. The molecule has 2 aromatic rings. The number of methoxy groups -OCH3 is 1. The molecule has 0 unspecified atom stereocenters. The molecule has 6 nitrogen and oxygen atoms in total. The largest absolute Gasteiger partial charge is 0.383 e. The lowest BCUT2D eigenvalue weighted by molar-refractivity contribution is 0.0955. The summed E-state index contributed by atoms with van der Waals surface area (Å²) in [6, 6.07) is 9.25. The number of amides is 2. The summed E-state index contributed by atoms with van der Waals surface area (Å²) in [6.07, 6.45) is 0. The van der Waals surface area contributed by atoms with Crippen molar-refractivity contribution < 1.29 is 14.3 Å². The molecule has 0 aliphatic heterocycles. The van der Waals surface area contributed by atoms with E-state index in [0.717, 1.165) is 6.54 Å². The van der Waals surface area contributed by atoms with E-state index in [1.165, 1.54) is 16.9 Å². The van der Waals surface area contributed by atoms with Gasteiger partial charge in [0.25, 0.3) is 11.8 Å². The molecule has 28 heavy (non-hydrogen) atoms. The summed E-state index contributed by atoms with van der Waals surface area (Å²) in [7, 11) is 1.65. The number of carbonyl (C=O) groups is 2. The maximum absolute atomic E-state index is 12.5. The molecule has 1 aromatic heterocycles. The first-order valence-corrected chi connectivity index (χ1v) is 9.87. The summed E-state index contributed by atoms with van der Waals surface area (Å²) in [5, 5.41) is 11.2. The van der Waals surface area contributed by atoms with Crippen LogP contribution in [0, 0.1) is 0 Å². The fourth-order valence-corrected chi connectivity index (χ4v) is 3.22. The maximum atomic E-state index is 12.5. The Bertz CT molecular complexity index is 747. The fraction of sp³-hybridized carbons (Fsp3) is 0.400. The van der Waals surface area contributed by atoms with Crippen LogP contribution in [-0.2, 0) is 4.74 Å². The Morgan fingerprint density at radius 2 is 1.75 bits per heavy atom. The molecule has 0 saturated carbocycles. The Balaban J connectivity index is 0.00000392. The summed E-state index contributed by atoms with van der Waals surface area (Å²) < 4.78 is 4.95. The monoisotopic (exact) mass is 425 g/mol. The van der Waals surface area contributed by atoms with E-state index >= 15 is 0 Å². The number of halogens is 1. The summed E-state index contributed by atoms with van der Waals surface area (Å²) in [6.45, 7) is 6.75. The molecular formula is C20H28ClN3O3S. The van der Waals surface area contributed by atoms with Crippen LogP contribution in [0.15, 0.2) is 35.7 Å². The van der Waals surface area contributed by atoms with Crippen molar-refractivity contribution in [1.29, 1.82) is 0 Å². The Hall–Kier alpha value is -1.93. The molecule has 0 atom stereocenters. The van der Waals surface area contributed by atoms with Gasteiger partial charge in [0.2, 0.25) is 0 Å². The van der Waals surface area contributed by atoms with E-state index in [-0.39, 0.29) is 24.2 Å². The summed E-state index contributed by atoms with van der Waals surface area (Å²) in [5.74, 6) is -0.00280. The number of hydrogen-bond donors (Lipinski definition) is 3. The highest BCUT2D eigenvalue weighted by atomic mass is 35.5. The van der Waals surface area contributed by atoms with E-state index < -0.39 is 0 Å². The standard InChI is InChI=1S/C20H27N3O3S.ClH/c1-14(2)15-4-6-16(7-5-15)18(24)23-20-17(8-13-27-20)19(25)22-10-9-21-11-12-26-3;/h4-8,13-14,21H,9-12H2,1-3H3,(H,22,25)(H,23,24);1H. The molecule has 2 amide bonds. The molecule has 1 aromatic carbocycles. The number of hydrogen-bond acceptors (Lipinski definition) is 5. The van der Waals surface area contributed by atoms with Crippen LogP contribution in [0.1, 0.15) is 46.0 Å². The number of thiophene rings is 1. The predicted molar refractivity (Wildman–Crippen MR) is 117 cm³/mol. The van der Waals surface area contributed by atoms with Gasteiger partial charge in [0, 0.05) is 32.3 Å². The molecule has 2 rings (SSSR count). The van der Waals surface area contributed by atoms with Crippen LogP contribution in [0.5, 0.6) is 0 Å². The quantitative estimate of drug-likeness (QED) is 0.509. The molecule has 0 aliphatic rings. The van der Waals surface area contributed by atoms with Crippen LogP contribution >= 0.6 is 23.7 Å². The smallest absolute Gasteiger partial charge is 0.256 e. The van der Waals surface area contributed by atoms with Gasteiger partial charge in [0.15, 0.2) is 0 Å². The van der Waals surface area contributed by atoms with Crippen molar-refractivity contribution in [2.75, 3.05) is 38.7 Å². The molecule has 3 N–H and O–H groups in total. The third-order valence-electron chi connectivity index (χ3n) is 4.05. The summed E-state index contributed by atoms with van der Waals surface area (Å²) >= 11 is 1.33. The number of carbonyl (C=O) groups excluding carboxylic acids is 2. The zero-order chi connectivity index (χ0) is 19.6. The van der Waals surface area contributed by atoms with Gasteiger partial charge >= 0.3 is 0 Å². The molecule has 154 valence electrons. The van der Waals surface area contributed by atoms with Crippen LogP contribution in [0.4, 0.5) is 5.00 Å². The van der Waals surface area contributed by atoms with Crippen molar-refractivity contribution in [1.82, 2.24) is 10.6 Å². The Morgan fingerprint density at radius 1 is 1.04 bits per heavy atom. The van der Waals surface area contributed by atoms with Crippen LogP contribution in [-0.4, -0.2) is 45.2 Å². The SMILES string of the molecule is COCCNCCNC(=O)c1ccsc1NC(=O)c1ccc(C(C)C)cc1.Cl. The number of ether oxygens (including phenoxy) is 1. The molecule has 8 heteroatoms. The lowest BCUT2D eigenvalue weighted by Crippen LogP contribution is -2.33. The number of nitrogens with one attached hydrogen (secondary N) is 3. The van der Waals surface area contributed by atoms with E-state index in [9.17, 15) is 9.59 Å². The predicted octanol–water partition coefficient (Wildman–Crippen LogP) is 3.51. The molecule has 0 bridgehead atoms. The van der Waals surface area contributed by atoms with Crippen molar-refractivity contribution in [2.24, 2.45) is 0 Å². The molecule has 0 radical (unpaired) electrons. The Morgan fingerprint density at radius 3 is 2.39 bits per heavy atom. The van der Waals surface area contributed by atoms with E-state index in [1.807, 2.05) is 24.3 Å². The van der Waals surface area contributed by atoms with Crippen molar-refractivity contribution in [3.05, 3.63) is 52.4 Å². The Kier molecular flexibility index (Phi) is 10.8. The van der Waals surface area contributed by atoms with Gasteiger partial charge in [-0.3, -0.25) is 9.59 Å². The van der Waals surface area contributed by atoms with Crippen LogP contribution in [0.3, 0.4) is 0 Å². The third-order valence-corrected chi connectivity index (χ3v) is 4.88. The van der Waals surface area contributed by atoms with Gasteiger partial charge in [-0.05, 0) is 35.1 Å². The van der Waals surface area contributed by atoms with Crippen molar-refractivity contribution in [2.45, 2.75) is 19.8 Å². The zero-order valence-corrected chi connectivity index (χ0v) is 18.0. The van der Waals surface area contributed by atoms with Crippen LogP contribution in [0.2, 0.25) is 0 Å². The molecule has 0 fully saturated rings. The lowest BCUT2D eigenvalue weighted by atomic mass is 10.0. The average Bonchev–Trinajstić information content (AvgIpc) is 3.12. The van der Waals surface area contributed by atoms with Crippen LogP contribution in [0.25, 0.3) is 0 Å². The second-order valence-corrected chi connectivity index (χ2v) is 7.31. The van der Waals surface area contributed by atoms with Crippen molar-refractivity contribution in [3.8, 4) is 0 Å². The normalized spacial score (nSPS) is 10.4. The first kappa shape index (κ1) is 24.1. The second-order valence-electron chi connectivity index (χ2n) is 6.39. The minimum Gasteiger partial charge on any atom is -0.383 e. The van der Waals surface area contributed by atoms with Gasteiger partial charge < -0.3 is 20.7 Å². The third kappa shape index (κ3) is 7.24. The lowest BCUT2D eigenvalue weighted by Gasteiger charge is -2.09. The van der Waals surface area contributed by atoms with Crippen LogP contribution < -0.4 is 16.0 Å². The highest BCUT2D eigenvalue weighted by Gasteiger charge is 2.15. The van der Waals surface area contributed by atoms with Gasteiger partial charge in [-0.1, -0.05) is 26.0 Å². The summed E-state index contributed by atoms with van der Waals surface area (Å²) in [4.78, 5) is 24.8. The molecule has 0 saturated heterocycles. The van der Waals surface area contributed by atoms with Crippen molar-refractivity contribution in [3.63, 3.8) is 0 Å². The number of benzene rings is 1.